The number of ketones is 6. The van der Waals surface area contributed by atoms with E-state index in [1.165, 1.54) is 120 Å². The smallest absolute Gasteiger partial charge is 0.293 e. The first kappa shape index (κ1) is 92.6. The van der Waals surface area contributed by atoms with E-state index in [9.17, 15) is 101 Å². The van der Waals surface area contributed by atoms with E-state index in [2.05, 4.69) is 31.9 Å². The topological polar surface area (TPSA) is 478 Å². The molecule has 0 saturated heterocycles. The second kappa shape index (κ2) is 42.3. The van der Waals surface area contributed by atoms with E-state index in [1.54, 1.807) is 98.8 Å². The van der Waals surface area contributed by atoms with Crippen molar-refractivity contribution >= 4 is 159 Å². The molecule has 0 spiro atoms. The molecule has 3 aliphatic rings. The summed E-state index contributed by atoms with van der Waals surface area (Å²) in [7, 11) is 3.97. The second-order valence-corrected chi connectivity index (χ2v) is 27.9. The number of benzene rings is 6. The van der Waals surface area contributed by atoms with E-state index in [0.29, 0.717) is 41.4 Å². The number of carbonyl (C=O) groups is 21. The van der Waals surface area contributed by atoms with Crippen LogP contribution < -0.4 is 75.5 Å². The van der Waals surface area contributed by atoms with E-state index in [0.717, 1.165) is 20.3 Å². The van der Waals surface area contributed by atoms with Gasteiger partial charge in [0.05, 0.1) is 98.8 Å². The molecule has 9 rings (SSSR count). The van der Waals surface area contributed by atoms with Gasteiger partial charge < -0.3 is 75.2 Å². The fraction of sp³-hybridized carbons (Fsp3) is 0.321. The van der Waals surface area contributed by atoms with E-state index in [-0.39, 0.29) is 113 Å². The quantitative estimate of drug-likeness (QED) is 0.0214. The van der Waals surface area contributed by atoms with Crippen LogP contribution in [0.3, 0.4) is 0 Å². The van der Waals surface area contributed by atoms with Crippen molar-refractivity contribution in [2.24, 2.45) is 0 Å². The molecule has 36 nitrogen and oxygen atoms in total. The van der Waals surface area contributed by atoms with Crippen LogP contribution in [-0.4, -0.2) is 221 Å². The molecule has 0 aromatic heterocycles. The highest BCUT2D eigenvalue weighted by atomic mass is 16.5. The maximum absolute atomic E-state index is 13.8. The lowest BCUT2D eigenvalue weighted by molar-refractivity contribution is -0.128. The van der Waals surface area contributed by atoms with Crippen molar-refractivity contribution in [1.29, 1.82) is 0 Å². The lowest BCUT2D eigenvalue weighted by Crippen LogP contribution is -2.55. The number of aldehydes is 3. The Hall–Kier alpha value is -14.6. The molecule has 36 heteroatoms. The lowest BCUT2D eigenvalue weighted by atomic mass is 9.96. The number of aryl methyl sites for hydroxylation is 3. The summed E-state index contributed by atoms with van der Waals surface area (Å²) in [6.45, 7) is 10.3. The van der Waals surface area contributed by atoms with Crippen molar-refractivity contribution in [3.05, 3.63) is 161 Å². The number of para-hydroxylation sites is 7. The van der Waals surface area contributed by atoms with Crippen LogP contribution in [0.5, 0.6) is 17.2 Å². The predicted octanol–water partition coefficient (Wildman–Crippen LogP) is 2.20. The Morgan fingerprint density at radius 3 is 0.942 bits per heavy atom. The van der Waals surface area contributed by atoms with Crippen LogP contribution in [0.25, 0.3) is 0 Å². The van der Waals surface area contributed by atoms with Gasteiger partial charge in [-0.2, -0.15) is 0 Å². The summed E-state index contributed by atoms with van der Waals surface area (Å²) in [6.07, 6.45) is 0.596. The maximum Gasteiger partial charge on any atom is 0.293 e. The Morgan fingerprint density at radius 1 is 0.375 bits per heavy atom. The third-order valence-electron chi connectivity index (χ3n) is 18.7. The first-order chi connectivity index (χ1) is 56.9. The van der Waals surface area contributed by atoms with Gasteiger partial charge in [0.25, 0.3) is 52.8 Å². The fourth-order valence-electron chi connectivity index (χ4n) is 13.4. The van der Waals surface area contributed by atoms with E-state index in [4.69, 9.17) is 14.2 Å². The van der Waals surface area contributed by atoms with Crippen molar-refractivity contribution in [1.82, 2.24) is 31.9 Å². The predicted molar refractivity (Wildman–Crippen MR) is 432 cm³/mol. The minimum Gasteiger partial charge on any atom is -0.496 e. The number of ether oxygens (including phenoxy) is 3. The van der Waals surface area contributed by atoms with E-state index < -0.39 is 144 Å². The van der Waals surface area contributed by atoms with Crippen molar-refractivity contribution in [2.75, 3.05) is 90.0 Å². The molecule has 6 aromatic rings. The Bertz CT molecular complexity index is 5050. The number of fused-ring (bicyclic) bond motifs is 3. The highest BCUT2D eigenvalue weighted by Crippen LogP contribution is 2.37. The summed E-state index contributed by atoms with van der Waals surface area (Å²) in [4.78, 5) is 271. The van der Waals surface area contributed by atoms with Gasteiger partial charge in [0.1, 0.15) is 96.8 Å². The number of nitrogens with zero attached hydrogens (tertiary/aromatic N) is 6. The largest absolute Gasteiger partial charge is 0.496 e. The van der Waals surface area contributed by atoms with Crippen LogP contribution in [0.15, 0.2) is 127 Å². The second-order valence-electron chi connectivity index (χ2n) is 27.9. The van der Waals surface area contributed by atoms with Crippen molar-refractivity contribution < 1.29 is 115 Å². The Kier molecular flexibility index (Phi) is 32.6. The third kappa shape index (κ3) is 23.4. The molecule has 0 aliphatic carbocycles. The Labute approximate surface area is 688 Å². The summed E-state index contributed by atoms with van der Waals surface area (Å²) >= 11 is 0. The molecular weight excluding hydrogens is 1560 g/mol. The average molecular weight is 1650 g/mol. The van der Waals surface area contributed by atoms with Crippen molar-refractivity contribution in [3.8, 4) is 17.2 Å². The fourth-order valence-corrected chi connectivity index (χ4v) is 13.4. The Balaban J connectivity index is 0.000000248. The zero-order valence-electron chi connectivity index (χ0n) is 67.7. The first-order valence-electron chi connectivity index (χ1n) is 37.2. The number of nitrogens with one attached hydrogen (secondary N) is 6. The normalized spacial score (nSPS) is 15.3. The van der Waals surface area contributed by atoms with Gasteiger partial charge in [0.2, 0.25) is 35.4 Å². The zero-order chi connectivity index (χ0) is 88.7. The number of anilines is 6. The number of amides is 12. The van der Waals surface area contributed by atoms with Crippen LogP contribution >= 0.6 is 0 Å². The van der Waals surface area contributed by atoms with Gasteiger partial charge in [-0.1, -0.05) is 72.3 Å². The minimum absolute atomic E-state index is 0.0214. The molecule has 0 saturated carbocycles. The number of rotatable bonds is 30. The van der Waals surface area contributed by atoms with Crippen LogP contribution in [-0.2, 0) is 86.3 Å². The molecular formula is C84H90N12O24. The summed E-state index contributed by atoms with van der Waals surface area (Å²) in [5.74, 6) is -12.7. The highest BCUT2D eigenvalue weighted by Gasteiger charge is 2.43. The number of methoxy groups -OCH3 is 3. The SMILES string of the molecule is CC(=O)C[C@@H](C=O)NC(=O)CN1C(=O)[C@@H](NC(=O)C(=O)c2c(C)cc(C)cc2C)CN(C(C)=O)c2ccccc21.COc1cccc(OC)c1C(=O)C(=O)N[C@H]1CN(C(C)=O)c2ccccc2N(CC(=O)N[C@H](C=O)CC(C)=O)C1=O.COc1ccccc1C(=O)C(=O)N[C@H]1CN(C(C)=O)c2ccccc2N(CC(=O)N[C@H](C=O)CC(C)=O)C1=O. The van der Waals surface area contributed by atoms with Gasteiger partial charge >= 0.3 is 0 Å². The molecule has 6 aromatic carbocycles. The zero-order valence-corrected chi connectivity index (χ0v) is 67.7. The van der Waals surface area contributed by atoms with Crippen molar-refractivity contribution in [2.45, 2.75) is 118 Å². The van der Waals surface area contributed by atoms with Gasteiger partial charge in [-0.05, 0) is 113 Å². The van der Waals surface area contributed by atoms with Crippen LogP contribution in [0.4, 0.5) is 34.1 Å². The molecule has 12 amide bonds. The summed E-state index contributed by atoms with van der Waals surface area (Å²) < 4.78 is 15.6. The summed E-state index contributed by atoms with van der Waals surface area (Å²) in [5.41, 5.74) is 3.69. The molecule has 3 heterocycles. The van der Waals surface area contributed by atoms with Gasteiger partial charge in [-0.25, -0.2) is 0 Å². The molecule has 6 atom stereocenters. The van der Waals surface area contributed by atoms with Gasteiger partial charge in [0, 0.05) is 45.6 Å². The average Bonchev–Trinajstić information content (AvgIpc) is 1.63. The monoisotopic (exact) mass is 1650 g/mol. The minimum atomic E-state index is -1.45. The van der Waals surface area contributed by atoms with Crippen LogP contribution in [0, 0.1) is 20.8 Å². The first-order valence-corrected chi connectivity index (χ1v) is 37.2. The molecule has 3 aliphatic heterocycles. The number of hydrogen-bond donors (Lipinski definition) is 6. The maximum atomic E-state index is 13.8. The van der Waals surface area contributed by atoms with Crippen molar-refractivity contribution in [3.63, 3.8) is 0 Å². The van der Waals surface area contributed by atoms with E-state index in [1.807, 2.05) is 6.92 Å². The number of carbonyl (C=O) groups excluding carboxylic acids is 21. The third-order valence-corrected chi connectivity index (χ3v) is 18.7. The Morgan fingerprint density at radius 2 is 0.650 bits per heavy atom. The highest BCUT2D eigenvalue weighted by molar-refractivity contribution is 6.45. The molecule has 6 N–H and O–H groups in total. The van der Waals surface area contributed by atoms with Gasteiger partial charge in [-0.3, -0.25) is 101 Å². The van der Waals surface area contributed by atoms with Gasteiger partial charge in [0.15, 0.2) is 0 Å². The molecule has 630 valence electrons. The standard InChI is InChI=1S/C29H32N4O7.C28H30N4O9.C27H28N4O8/c1-16-10-17(2)26(18(3)11-16)27(38)28(39)31-22-13-32(20(5)36)23-8-6-7-9-24(23)33(29(22)40)14-25(37)30-21(15-34)12-19(4)35;1-16(34)12-18(15-33)29-24(36)14-32-21-9-6-5-8-20(21)31(17(2)35)13-19(28(32)39)30-27(38)26(37)25-22(40-3)10-7-11-23(25)41-4;1-16(33)12-18(15-32)28-24(35)14-31-22-10-6-5-9-21(22)30(17(2)34)13-20(27(31)38)29-26(37)25(36)19-8-4-7-11-23(19)39-3/h6-11,15,21-22H,12-14H2,1-5H3,(H,30,37)(H,31,39);5-11,15,18-19H,12-14H2,1-4H3,(H,29,36)(H,30,38);4-11,15,18,20H,12-14H2,1-3H3,(H,28,35)(H,29,37)/t21-,22-;18-,19-;18-,20-/m000/s1. The molecule has 0 unspecified atom stereocenters. The molecule has 0 fully saturated rings. The van der Waals surface area contributed by atoms with E-state index >= 15 is 0 Å². The molecule has 0 bridgehead atoms. The summed E-state index contributed by atoms with van der Waals surface area (Å²) in [5, 5.41) is 14.5. The molecule has 0 radical (unpaired) electrons. The van der Waals surface area contributed by atoms with Crippen LogP contribution in [0.1, 0.15) is 109 Å². The number of hydrogen-bond acceptors (Lipinski definition) is 24. The lowest BCUT2D eigenvalue weighted by Gasteiger charge is -2.25. The van der Waals surface area contributed by atoms with Gasteiger partial charge in [-0.15, -0.1) is 0 Å². The number of Topliss-reactive ketones (excluding diaryl/α,β-unsaturated/α-hetero) is 6. The van der Waals surface area contributed by atoms with Crippen LogP contribution in [0.2, 0.25) is 0 Å². The summed E-state index contributed by atoms with van der Waals surface area (Å²) in [6, 6.07) is 25.7. The molecule has 120 heavy (non-hydrogen) atoms.